The molecule has 4 aliphatic carbocycles. The van der Waals surface area contributed by atoms with Crippen molar-refractivity contribution in [2.24, 2.45) is 23.7 Å². The molecule has 1 aromatic heterocycles. The number of rotatable bonds is 8. The molecule has 4 bridgehead atoms. The smallest absolute Gasteiger partial charge is 0.287 e. The highest BCUT2D eigenvalue weighted by atomic mass is 16.6. The Kier molecular flexibility index (Phi) is 6.75. The van der Waals surface area contributed by atoms with Crippen LogP contribution in [-0.4, -0.2) is 45.4 Å². The lowest BCUT2D eigenvalue weighted by Crippen LogP contribution is -2.60. The number of carbonyl (C=O) groups excluding carboxylic acids is 1. The van der Waals surface area contributed by atoms with E-state index in [-0.39, 0.29) is 29.6 Å². The molecule has 4 saturated carbocycles. The molecule has 2 aromatic rings. The van der Waals surface area contributed by atoms with Crippen molar-refractivity contribution in [3.8, 4) is 17.7 Å². The quantitative estimate of drug-likeness (QED) is 0.402. The number of pyridine rings is 1. The monoisotopic (exact) mass is 515 g/mol. The van der Waals surface area contributed by atoms with E-state index in [2.05, 4.69) is 16.4 Å². The molecule has 1 unspecified atom stereocenters. The normalized spacial score (nSPS) is 30.1. The predicted octanol–water partition coefficient (Wildman–Crippen LogP) is 4.62. The Morgan fingerprint density at radius 2 is 1.84 bits per heavy atom. The van der Waals surface area contributed by atoms with Crippen LogP contribution in [0.25, 0.3) is 0 Å². The number of nitriles is 1. The first kappa shape index (κ1) is 24.8. The highest BCUT2D eigenvalue weighted by Crippen LogP contribution is 2.53. The van der Waals surface area contributed by atoms with Crippen molar-refractivity contribution in [3.05, 3.63) is 58.3 Å². The van der Waals surface area contributed by atoms with Crippen LogP contribution in [-0.2, 0) is 11.2 Å². The number of amides is 1. The molecule has 1 amide bonds. The van der Waals surface area contributed by atoms with E-state index in [4.69, 9.17) is 4.74 Å². The van der Waals surface area contributed by atoms with Gasteiger partial charge in [-0.2, -0.15) is 5.26 Å². The number of ether oxygens (including phenoxy) is 1. The van der Waals surface area contributed by atoms with Gasteiger partial charge in [-0.05, 0) is 92.7 Å². The minimum absolute atomic E-state index is 0.0401. The van der Waals surface area contributed by atoms with Crippen molar-refractivity contribution < 1.29 is 14.5 Å². The lowest BCUT2D eigenvalue weighted by atomic mass is 9.54. The largest absolute Gasteiger partial charge is 0.439 e. The zero-order valence-electron chi connectivity index (χ0n) is 21.4. The Bertz CT molecular complexity index is 1200. The molecule has 2 atom stereocenters. The average Bonchev–Trinajstić information content (AvgIpc) is 3.39. The fourth-order valence-corrected chi connectivity index (χ4v) is 7.60. The first-order valence-corrected chi connectivity index (χ1v) is 13.8. The molecule has 0 radical (unpaired) electrons. The summed E-state index contributed by atoms with van der Waals surface area (Å²) in [5.41, 5.74) is 0.920. The molecule has 1 aliphatic heterocycles. The summed E-state index contributed by atoms with van der Waals surface area (Å²) < 4.78 is 5.76. The van der Waals surface area contributed by atoms with Gasteiger partial charge < -0.3 is 15.0 Å². The number of nitrogens with zero attached hydrogens (tertiary/aromatic N) is 4. The minimum atomic E-state index is -0.499. The Morgan fingerprint density at radius 3 is 2.45 bits per heavy atom. The Morgan fingerprint density at radius 1 is 1.13 bits per heavy atom. The topological polar surface area (TPSA) is 121 Å². The summed E-state index contributed by atoms with van der Waals surface area (Å²) in [5, 5.41) is 24.3. The van der Waals surface area contributed by atoms with E-state index in [1.807, 2.05) is 24.3 Å². The van der Waals surface area contributed by atoms with Crippen LogP contribution in [0, 0.1) is 45.1 Å². The summed E-state index contributed by atoms with van der Waals surface area (Å²) >= 11 is 0. The number of hydrogen-bond donors (Lipinski definition) is 1. The fourth-order valence-electron chi connectivity index (χ4n) is 7.60. The molecular weight excluding hydrogens is 482 g/mol. The number of aromatic nitrogens is 1. The number of nitrogens with one attached hydrogen (secondary N) is 1. The van der Waals surface area contributed by atoms with Gasteiger partial charge in [0.2, 0.25) is 11.8 Å². The molecule has 2 heterocycles. The van der Waals surface area contributed by atoms with Crippen LogP contribution in [0.5, 0.6) is 11.6 Å². The van der Waals surface area contributed by atoms with Crippen LogP contribution in [0.1, 0.15) is 50.5 Å². The van der Waals surface area contributed by atoms with Gasteiger partial charge in [0.25, 0.3) is 5.69 Å². The van der Waals surface area contributed by atoms with Crippen molar-refractivity contribution in [1.82, 2.24) is 15.2 Å². The lowest BCUT2D eigenvalue weighted by molar-refractivity contribution is -0.385. The van der Waals surface area contributed by atoms with E-state index in [9.17, 15) is 20.2 Å². The molecule has 1 N–H and O–H groups in total. The standard InChI is InChI=1S/C29H33N5O4/c30-16-23-2-1-9-33(23)29(35)26(32-28-21-11-19-10-20(13-21)14-22(28)12-19)15-18-3-6-25(7-4-18)38-27-8-5-24(17-31-27)34(36)37/h3-8,17,19-23,26,28,32H,1-2,9-15H2/t19?,20?,21?,22?,23-,26?,28?/m0/s1. The lowest BCUT2D eigenvalue weighted by Gasteiger charge is -2.55. The van der Waals surface area contributed by atoms with Gasteiger partial charge in [-0.25, -0.2) is 4.98 Å². The highest BCUT2D eigenvalue weighted by Gasteiger charge is 2.49. The van der Waals surface area contributed by atoms with E-state index < -0.39 is 4.92 Å². The van der Waals surface area contributed by atoms with Crippen molar-refractivity contribution >= 4 is 11.6 Å². The van der Waals surface area contributed by atoms with Gasteiger partial charge in [0.15, 0.2) is 0 Å². The van der Waals surface area contributed by atoms with Crippen LogP contribution < -0.4 is 10.1 Å². The van der Waals surface area contributed by atoms with Crippen LogP contribution in [0.3, 0.4) is 0 Å². The van der Waals surface area contributed by atoms with Crippen LogP contribution in [0.4, 0.5) is 5.69 Å². The summed E-state index contributed by atoms with van der Waals surface area (Å²) in [6.45, 7) is 0.645. The van der Waals surface area contributed by atoms with Crippen molar-refractivity contribution in [2.75, 3.05) is 6.54 Å². The molecule has 0 spiro atoms. The van der Waals surface area contributed by atoms with Gasteiger partial charge in [0.1, 0.15) is 18.0 Å². The maximum atomic E-state index is 13.8. The van der Waals surface area contributed by atoms with Crippen LogP contribution >= 0.6 is 0 Å². The molecule has 9 nitrogen and oxygen atoms in total. The van der Waals surface area contributed by atoms with Gasteiger partial charge in [0.05, 0.1) is 17.0 Å². The number of hydrogen-bond acceptors (Lipinski definition) is 7. The predicted molar refractivity (Wildman–Crippen MR) is 139 cm³/mol. The molecule has 5 fully saturated rings. The second-order valence-electron chi connectivity index (χ2n) is 11.6. The number of nitro groups is 1. The Hall–Kier alpha value is -3.51. The second-order valence-corrected chi connectivity index (χ2v) is 11.6. The van der Waals surface area contributed by atoms with Gasteiger partial charge in [0, 0.05) is 24.7 Å². The Labute approximate surface area is 222 Å². The summed E-state index contributed by atoms with van der Waals surface area (Å²) in [7, 11) is 0. The zero-order chi connectivity index (χ0) is 26.2. The van der Waals surface area contributed by atoms with E-state index in [1.54, 1.807) is 4.90 Å². The summed E-state index contributed by atoms with van der Waals surface area (Å²) in [5.74, 6) is 3.91. The maximum Gasteiger partial charge on any atom is 0.287 e. The molecule has 1 aromatic carbocycles. The fraction of sp³-hybridized carbons (Fsp3) is 0.552. The molecule has 1 saturated heterocycles. The summed E-state index contributed by atoms with van der Waals surface area (Å²) in [6.07, 6.45) is 9.83. The summed E-state index contributed by atoms with van der Waals surface area (Å²) in [4.78, 5) is 29.9. The molecular formula is C29H33N5O4. The SMILES string of the molecule is N#C[C@@H]1CCCN1C(=O)C(Cc1ccc(Oc2ccc([N+](=O)[O-])cn2)cc1)NC1C2CC3CC(C2)CC1C3. The highest BCUT2D eigenvalue weighted by molar-refractivity contribution is 5.83. The third-order valence-corrected chi connectivity index (χ3v) is 9.12. The molecule has 7 rings (SSSR count). The minimum Gasteiger partial charge on any atom is -0.439 e. The van der Waals surface area contributed by atoms with Gasteiger partial charge >= 0.3 is 0 Å². The van der Waals surface area contributed by atoms with E-state index in [1.165, 1.54) is 50.4 Å². The number of carbonyl (C=O) groups is 1. The second kappa shape index (κ2) is 10.3. The maximum absolute atomic E-state index is 13.8. The molecule has 198 valence electrons. The third kappa shape index (κ3) is 4.97. The first-order chi connectivity index (χ1) is 18.5. The number of benzene rings is 1. The average molecular weight is 516 g/mol. The molecule has 38 heavy (non-hydrogen) atoms. The molecule has 9 heteroatoms. The summed E-state index contributed by atoms with van der Waals surface area (Å²) in [6, 6.07) is 12.4. The van der Waals surface area contributed by atoms with Crippen LogP contribution in [0.15, 0.2) is 42.6 Å². The Balaban J connectivity index is 1.17. The van der Waals surface area contributed by atoms with Crippen LogP contribution in [0.2, 0.25) is 0 Å². The third-order valence-electron chi connectivity index (χ3n) is 9.12. The van der Waals surface area contributed by atoms with E-state index in [0.717, 1.165) is 30.2 Å². The van der Waals surface area contributed by atoms with Crippen molar-refractivity contribution in [1.29, 1.82) is 5.26 Å². The van der Waals surface area contributed by atoms with Gasteiger partial charge in [-0.3, -0.25) is 14.9 Å². The van der Waals surface area contributed by atoms with Crippen molar-refractivity contribution in [3.63, 3.8) is 0 Å². The first-order valence-electron chi connectivity index (χ1n) is 13.8. The number of likely N-dealkylation sites (tertiary alicyclic amines) is 1. The van der Waals surface area contributed by atoms with Gasteiger partial charge in [-0.1, -0.05) is 12.1 Å². The molecule has 5 aliphatic rings. The van der Waals surface area contributed by atoms with Gasteiger partial charge in [-0.15, -0.1) is 0 Å². The van der Waals surface area contributed by atoms with E-state index >= 15 is 0 Å². The van der Waals surface area contributed by atoms with E-state index in [0.29, 0.717) is 36.6 Å². The zero-order valence-corrected chi connectivity index (χ0v) is 21.4. The van der Waals surface area contributed by atoms with Crippen molar-refractivity contribution in [2.45, 2.75) is 69.5 Å².